The van der Waals surface area contributed by atoms with Gasteiger partial charge in [-0.15, -0.1) is 0 Å². The molecule has 2 bridgehead atoms. The van der Waals surface area contributed by atoms with Crippen LogP contribution >= 0.6 is 0 Å². The fraction of sp³-hybridized carbons (Fsp3) is 1.00. The standard InChI is InChI=1S/C12H20O2/c13-6-12(7-14)4-10-8-1-2-9(3-8)11(10)5-12/h8-11,13-14H,1-7H2. The molecule has 2 heteroatoms. The van der Waals surface area contributed by atoms with Crippen LogP contribution in [0.3, 0.4) is 0 Å². The predicted octanol–water partition coefficient (Wildman–Crippen LogP) is 1.41. The van der Waals surface area contributed by atoms with E-state index >= 15 is 0 Å². The van der Waals surface area contributed by atoms with Crippen molar-refractivity contribution >= 4 is 0 Å². The summed E-state index contributed by atoms with van der Waals surface area (Å²) in [4.78, 5) is 0. The highest BCUT2D eigenvalue weighted by Crippen LogP contribution is 2.62. The van der Waals surface area contributed by atoms with Gasteiger partial charge in [0, 0.05) is 5.41 Å². The second kappa shape index (κ2) is 2.96. The van der Waals surface area contributed by atoms with Gasteiger partial charge in [-0.05, 0) is 55.8 Å². The van der Waals surface area contributed by atoms with E-state index in [0.717, 1.165) is 36.5 Å². The van der Waals surface area contributed by atoms with Crippen molar-refractivity contribution in [1.82, 2.24) is 0 Å². The Labute approximate surface area is 85.3 Å². The maximum Gasteiger partial charge on any atom is 0.0509 e. The molecule has 3 fully saturated rings. The number of aliphatic hydroxyl groups excluding tert-OH is 2. The maximum atomic E-state index is 9.40. The van der Waals surface area contributed by atoms with Crippen molar-refractivity contribution in [3.8, 4) is 0 Å². The molecule has 0 radical (unpaired) electrons. The van der Waals surface area contributed by atoms with Gasteiger partial charge in [0.05, 0.1) is 13.2 Å². The summed E-state index contributed by atoms with van der Waals surface area (Å²) in [5.41, 5.74) is -0.114. The van der Waals surface area contributed by atoms with Crippen molar-refractivity contribution in [2.75, 3.05) is 13.2 Å². The molecule has 0 aliphatic heterocycles. The first kappa shape index (κ1) is 9.17. The lowest BCUT2D eigenvalue weighted by Crippen LogP contribution is -2.27. The zero-order valence-electron chi connectivity index (χ0n) is 8.65. The molecule has 2 N–H and O–H groups in total. The minimum atomic E-state index is -0.114. The second-order valence-electron chi connectivity index (χ2n) is 5.89. The third kappa shape index (κ3) is 1.04. The zero-order chi connectivity index (χ0) is 9.76. The van der Waals surface area contributed by atoms with E-state index in [2.05, 4.69) is 0 Å². The van der Waals surface area contributed by atoms with Crippen LogP contribution in [0, 0.1) is 29.1 Å². The van der Waals surface area contributed by atoms with Gasteiger partial charge in [0.2, 0.25) is 0 Å². The first-order valence-corrected chi connectivity index (χ1v) is 6.00. The quantitative estimate of drug-likeness (QED) is 0.701. The molecular weight excluding hydrogens is 176 g/mol. The first-order valence-electron chi connectivity index (χ1n) is 6.00. The van der Waals surface area contributed by atoms with Crippen LogP contribution in [0.1, 0.15) is 32.1 Å². The molecule has 0 spiro atoms. The van der Waals surface area contributed by atoms with Crippen LogP contribution in [0.4, 0.5) is 0 Å². The Kier molecular flexibility index (Phi) is 1.94. The van der Waals surface area contributed by atoms with Crippen LogP contribution in [0.15, 0.2) is 0 Å². The van der Waals surface area contributed by atoms with Gasteiger partial charge in [0.1, 0.15) is 0 Å². The van der Waals surface area contributed by atoms with E-state index in [1.165, 1.54) is 19.3 Å². The number of hydrogen-bond acceptors (Lipinski definition) is 2. The monoisotopic (exact) mass is 196 g/mol. The molecule has 3 aliphatic rings. The number of hydrogen-bond donors (Lipinski definition) is 2. The van der Waals surface area contributed by atoms with Gasteiger partial charge in [-0.25, -0.2) is 0 Å². The molecule has 14 heavy (non-hydrogen) atoms. The molecule has 0 aromatic heterocycles. The predicted molar refractivity (Wildman–Crippen MR) is 53.6 cm³/mol. The molecule has 4 unspecified atom stereocenters. The summed E-state index contributed by atoms with van der Waals surface area (Å²) in [7, 11) is 0. The van der Waals surface area contributed by atoms with Gasteiger partial charge in [0.25, 0.3) is 0 Å². The summed E-state index contributed by atoms with van der Waals surface area (Å²) < 4.78 is 0. The SMILES string of the molecule is OCC1(CO)CC2C3CCC(C3)C2C1. The minimum Gasteiger partial charge on any atom is -0.396 e. The van der Waals surface area contributed by atoms with Crippen LogP contribution in [-0.2, 0) is 0 Å². The summed E-state index contributed by atoms with van der Waals surface area (Å²) in [6, 6.07) is 0. The molecule has 4 atom stereocenters. The Hall–Kier alpha value is -0.0800. The Morgan fingerprint density at radius 1 is 0.929 bits per heavy atom. The third-order valence-electron chi connectivity index (χ3n) is 5.28. The van der Waals surface area contributed by atoms with Crippen LogP contribution in [0.5, 0.6) is 0 Å². The molecule has 0 saturated heterocycles. The van der Waals surface area contributed by atoms with Crippen LogP contribution in [0.2, 0.25) is 0 Å². The lowest BCUT2D eigenvalue weighted by atomic mass is 9.82. The van der Waals surface area contributed by atoms with Gasteiger partial charge in [0.15, 0.2) is 0 Å². The Balaban J connectivity index is 1.81. The Bertz CT molecular complexity index is 214. The molecule has 0 amide bonds. The fourth-order valence-electron chi connectivity index (χ4n) is 4.56. The molecule has 80 valence electrons. The van der Waals surface area contributed by atoms with Gasteiger partial charge in [-0.3, -0.25) is 0 Å². The zero-order valence-corrected chi connectivity index (χ0v) is 8.65. The van der Waals surface area contributed by atoms with Crippen LogP contribution in [-0.4, -0.2) is 23.4 Å². The van der Waals surface area contributed by atoms with E-state index in [1.807, 2.05) is 0 Å². The molecule has 0 aromatic rings. The Morgan fingerprint density at radius 3 is 1.86 bits per heavy atom. The van der Waals surface area contributed by atoms with Crippen molar-refractivity contribution in [2.45, 2.75) is 32.1 Å². The maximum absolute atomic E-state index is 9.40. The summed E-state index contributed by atoms with van der Waals surface area (Å²) in [5.74, 6) is 3.55. The van der Waals surface area contributed by atoms with Gasteiger partial charge >= 0.3 is 0 Å². The lowest BCUT2D eigenvalue weighted by Gasteiger charge is -2.25. The van der Waals surface area contributed by atoms with E-state index in [-0.39, 0.29) is 18.6 Å². The summed E-state index contributed by atoms with van der Waals surface area (Å²) in [6.45, 7) is 0.381. The molecule has 2 nitrogen and oxygen atoms in total. The van der Waals surface area contributed by atoms with Crippen molar-refractivity contribution in [3.63, 3.8) is 0 Å². The number of fused-ring (bicyclic) bond motifs is 5. The molecule has 3 saturated carbocycles. The van der Waals surface area contributed by atoms with Gasteiger partial charge < -0.3 is 10.2 Å². The summed E-state index contributed by atoms with van der Waals surface area (Å²) >= 11 is 0. The molecular formula is C12H20O2. The number of rotatable bonds is 2. The fourth-order valence-corrected chi connectivity index (χ4v) is 4.56. The summed E-state index contributed by atoms with van der Waals surface area (Å²) in [6.07, 6.45) is 6.46. The molecule has 3 aliphatic carbocycles. The topological polar surface area (TPSA) is 40.5 Å². The van der Waals surface area contributed by atoms with Crippen molar-refractivity contribution in [2.24, 2.45) is 29.1 Å². The van der Waals surface area contributed by atoms with Gasteiger partial charge in [-0.2, -0.15) is 0 Å². The summed E-state index contributed by atoms with van der Waals surface area (Å²) in [5, 5.41) is 18.8. The highest BCUT2D eigenvalue weighted by molar-refractivity contribution is 5.05. The second-order valence-corrected chi connectivity index (χ2v) is 5.89. The average Bonchev–Trinajstić information content (AvgIpc) is 2.88. The largest absolute Gasteiger partial charge is 0.396 e. The number of aliphatic hydroxyl groups is 2. The first-order chi connectivity index (χ1) is 6.78. The van der Waals surface area contributed by atoms with Crippen LogP contribution < -0.4 is 0 Å². The van der Waals surface area contributed by atoms with Crippen LogP contribution in [0.25, 0.3) is 0 Å². The third-order valence-corrected chi connectivity index (χ3v) is 5.28. The molecule has 0 aromatic carbocycles. The highest BCUT2D eigenvalue weighted by atomic mass is 16.3. The van der Waals surface area contributed by atoms with Crippen molar-refractivity contribution < 1.29 is 10.2 Å². The molecule has 0 heterocycles. The minimum absolute atomic E-state index is 0.114. The average molecular weight is 196 g/mol. The van der Waals surface area contributed by atoms with Crippen molar-refractivity contribution in [3.05, 3.63) is 0 Å². The highest BCUT2D eigenvalue weighted by Gasteiger charge is 2.56. The molecule has 3 rings (SSSR count). The van der Waals surface area contributed by atoms with Crippen molar-refractivity contribution in [1.29, 1.82) is 0 Å². The lowest BCUT2D eigenvalue weighted by molar-refractivity contribution is 0.0506. The van der Waals surface area contributed by atoms with E-state index in [9.17, 15) is 10.2 Å². The van der Waals surface area contributed by atoms with E-state index < -0.39 is 0 Å². The smallest absolute Gasteiger partial charge is 0.0509 e. The normalized spacial score (nSPS) is 48.4. The van der Waals surface area contributed by atoms with E-state index in [4.69, 9.17) is 0 Å². The van der Waals surface area contributed by atoms with E-state index in [1.54, 1.807) is 0 Å². The van der Waals surface area contributed by atoms with Gasteiger partial charge in [-0.1, -0.05) is 0 Å². The Morgan fingerprint density at radius 2 is 1.43 bits per heavy atom. The van der Waals surface area contributed by atoms with E-state index in [0.29, 0.717) is 0 Å².